The monoisotopic (exact) mass is 421 g/mol. The van der Waals surface area contributed by atoms with Crippen LogP contribution in [-0.4, -0.2) is 20.7 Å². The van der Waals surface area contributed by atoms with E-state index < -0.39 is 23.0 Å². The Labute approximate surface area is 170 Å². The highest BCUT2D eigenvalue weighted by molar-refractivity contribution is 7.83. The Balaban J connectivity index is 2.11. The number of halogens is 3. The Morgan fingerprint density at radius 1 is 1.04 bits per heavy atom. The Morgan fingerprint density at radius 3 is 2.14 bits per heavy atom. The summed E-state index contributed by atoms with van der Waals surface area (Å²) in [6.07, 6.45) is -4.68. The second kappa shape index (κ2) is 6.72. The van der Waals surface area contributed by atoms with Crippen molar-refractivity contribution in [1.82, 2.24) is 0 Å². The number of phenols is 1. The van der Waals surface area contributed by atoms with Gasteiger partial charge in [-0.25, -0.2) is 4.85 Å². The molecule has 0 radical (unpaired) electrons. The minimum Gasteiger partial charge on any atom is -0.508 e. The summed E-state index contributed by atoms with van der Waals surface area (Å²) in [5.74, 6) is 0.0793. The number of phenolic OH excluding ortho intramolecular Hbond substituents is 1. The first-order chi connectivity index (χ1) is 13.0. The molecule has 1 fully saturated rings. The third kappa shape index (κ3) is 3.19. The normalized spacial score (nSPS) is 16.4. The molecule has 1 heterocycles. The molecule has 0 bridgehead atoms. The van der Waals surface area contributed by atoms with Crippen LogP contribution in [0.15, 0.2) is 42.5 Å². The van der Waals surface area contributed by atoms with Gasteiger partial charge in [0.1, 0.15) is 10.7 Å². The SMILES string of the molecule is [C-]#[N+]c1ccc(N2C(=S)N(c3ccc(O)cc3)C(C)(C)C2=S)cc1C(F)(F)F. The van der Waals surface area contributed by atoms with E-state index in [0.29, 0.717) is 10.7 Å². The predicted molar refractivity (Wildman–Crippen MR) is 110 cm³/mol. The molecule has 2 aromatic rings. The molecule has 3 rings (SSSR count). The van der Waals surface area contributed by atoms with E-state index in [4.69, 9.17) is 31.0 Å². The molecular weight excluding hydrogens is 407 g/mol. The Hall–Kier alpha value is -2.70. The number of thiocarbonyl (C=S) groups is 2. The highest BCUT2D eigenvalue weighted by Crippen LogP contribution is 2.42. The van der Waals surface area contributed by atoms with Crippen LogP contribution >= 0.6 is 24.4 Å². The molecule has 0 aromatic heterocycles. The first-order valence-electron chi connectivity index (χ1n) is 8.05. The smallest absolute Gasteiger partial charge is 0.407 e. The highest BCUT2D eigenvalue weighted by Gasteiger charge is 2.47. The van der Waals surface area contributed by atoms with E-state index in [0.717, 1.165) is 12.1 Å². The Kier molecular flexibility index (Phi) is 4.81. The van der Waals surface area contributed by atoms with Crippen LogP contribution in [0.25, 0.3) is 4.85 Å². The highest BCUT2D eigenvalue weighted by atomic mass is 32.1. The van der Waals surface area contributed by atoms with Crippen molar-refractivity contribution >= 4 is 51.6 Å². The molecule has 0 unspecified atom stereocenters. The fourth-order valence-corrected chi connectivity index (χ4v) is 3.92. The van der Waals surface area contributed by atoms with Gasteiger partial charge in [0, 0.05) is 11.4 Å². The van der Waals surface area contributed by atoms with Crippen LogP contribution in [0.5, 0.6) is 5.75 Å². The van der Waals surface area contributed by atoms with Crippen LogP contribution in [0.1, 0.15) is 19.4 Å². The number of aromatic hydroxyl groups is 1. The van der Waals surface area contributed by atoms with Gasteiger partial charge in [-0.05, 0) is 62.5 Å². The van der Waals surface area contributed by atoms with Crippen LogP contribution in [0, 0.1) is 6.57 Å². The lowest BCUT2D eigenvalue weighted by molar-refractivity contribution is -0.136. The fourth-order valence-electron chi connectivity index (χ4n) is 3.05. The number of hydrogen-bond acceptors (Lipinski definition) is 3. The van der Waals surface area contributed by atoms with Crippen molar-refractivity contribution in [1.29, 1.82) is 0 Å². The molecule has 0 spiro atoms. The first-order valence-corrected chi connectivity index (χ1v) is 8.86. The summed E-state index contributed by atoms with van der Waals surface area (Å²) >= 11 is 11.1. The molecule has 144 valence electrons. The molecule has 2 aromatic carbocycles. The van der Waals surface area contributed by atoms with E-state index in [1.807, 2.05) is 13.8 Å². The largest absolute Gasteiger partial charge is 0.508 e. The number of alkyl halides is 3. The van der Waals surface area contributed by atoms with Crippen molar-refractivity contribution in [3.63, 3.8) is 0 Å². The summed E-state index contributed by atoms with van der Waals surface area (Å²) in [7, 11) is 0. The summed E-state index contributed by atoms with van der Waals surface area (Å²) in [6.45, 7) is 10.6. The zero-order chi connectivity index (χ0) is 20.9. The van der Waals surface area contributed by atoms with E-state index in [1.54, 1.807) is 17.0 Å². The van der Waals surface area contributed by atoms with E-state index in [2.05, 4.69) is 4.85 Å². The van der Waals surface area contributed by atoms with Gasteiger partial charge in [0.25, 0.3) is 0 Å². The quantitative estimate of drug-likeness (QED) is 0.498. The number of anilines is 2. The summed E-state index contributed by atoms with van der Waals surface area (Å²) in [5, 5.41) is 9.73. The van der Waals surface area contributed by atoms with E-state index in [9.17, 15) is 18.3 Å². The second-order valence-electron chi connectivity index (χ2n) is 6.64. The topological polar surface area (TPSA) is 31.1 Å². The molecule has 0 aliphatic carbocycles. The Bertz CT molecular complexity index is 1010. The van der Waals surface area contributed by atoms with Crippen LogP contribution in [-0.2, 0) is 6.18 Å². The van der Waals surface area contributed by atoms with Gasteiger partial charge in [-0.1, -0.05) is 18.3 Å². The number of benzene rings is 2. The molecule has 4 nitrogen and oxygen atoms in total. The molecule has 1 N–H and O–H groups in total. The third-order valence-electron chi connectivity index (χ3n) is 4.44. The maximum absolute atomic E-state index is 13.4. The van der Waals surface area contributed by atoms with Gasteiger partial charge < -0.3 is 10.0 Å². The lowest BCUT2D eigenvalue weighted by atomic mass is 10.0. The van der Waals surface area contributed by atoms with Crippen molar-refractivity contribution in [2.24, 2.45) is 0 Å². The molecule has 0 saturated carbocycles. The molecule has 9 heteroatoms. The zero-order valence-corrected chi connectivity index (χ0v) is 16.4. The summed E-state index contributed by atoms with van der Waals surface area (Å²) in [6, 6.07) is 9.70. The molecule has 1 saturated heterocycles. The maximum atomic E-state index is 13.4. The van der Waals surface area contributed by atoms with Gasteiger partial charge in [-0.2, -0.15) is 13.2 Å². The Morgan fingerprint density at radius 2 is 1.61 bits per heavy atom. The summed E-state index contributed by atoms with van der Waals surface area (Å²) < 4.78 is 40.1. The van der Waals surface area contributed by atoms with Crippen molar-refractivity contribution in [2.45, 2.75) is 25.6 Å². The van der Waals surface area contributed by atoms with Crippen molar-refractivity contribution < 1.29 is 18.3 Å². The average Bonchev–Trinajstić information content (AvgIpc) is 2.79. The van der Waals surface area contributed by atoms with Crippen molar-refractivity contribution in [2.75, 3.05) is 9.80 Å². The number of nitrogens with zero attached hydrogens (tertiary/aromatic N) is 3. The van der Waals surface area contributed by atoms with Crippen LogP contribution < -0.4 is 9.80 Å². The summed E-state index contributed by atoms with van der Waals surface area (Å²) in [5.41, 5.74) is -1.52. The number of hydrogen-bond donors (Lipinski definition) is 1. The minimum absolute atomic E-state index is 0.0793. The number of rotatable bonds is 2. The second-order valence-corrected chi connectivity index (χ2v) is 7.40. The lowest BCUT2D eigenvalue weighted by Gasteiger charge is -2.30. The van der Waals surface area contributed by atoms with Gasteiger partial charge in [0.15, 0.2) is 10.8 Å². The van der Waals surface area contributed by atoms with Gasteiger partial charge in [-0.3, -0.25) is 4.90 Å². The predicted octanol–water partition coefficient (Wildman–Crippen LogP) is 5.68. The van der Waals surface area contributed by atoms with Crippen molar-refractivity contribution in [3.8, 4) is 5.75 Å². The maximum Gasteiger partial charge on any atom is 0.407 e. The molecule has 0 amide bonds. The minimum atomic E-state index is -4.68. The zero-order valence-electron chi connectivity index (χ0n) is 14.8. The molecule has 1 aliphatic heterocycles. The van der Waals surface area contributed by atoms with Crippen LogP contribution in [0.2, 0.25) is 0 Å². The van der Waals surface area contributed by atoms with E-state index >= 15 is 0 Å². The molecule has 28 heavy (non-hydrogen) atoms. The van der Waals surface area contributed by atoms with Gasteiger partial charge >= 0.3 is 6.18 Å². The lowest BCUT2D eigenvalue weighted by Crippen LogP contribution is -2.43. The summed E-state index contributed by atoms with van der Waals surface area (Å²) in [4.78, 5) is 6.41. The molecular formula is C19H14F3N3OS2. The third-order valence-corrected chi connectivity index (χ3v) is 5.49. The fraction of sp³-hybridized carbons (Fsp3) is 0.211. The van der Waals surface area contributed by atoms with Crippen molar-refractivity contribution in [3.05, 3.63) is 59.4 Å². The average molecular weight is 421 g/mol. The van der Waals surface area contributed by atoms with Crippen LogP contribution in [0.3, 0.4) is 0 Å². The van der Waals surface area contributed by atoms with Crippen LogP contribution in [0.4, 0.5) is 30.2 Å². The first kappa shape index (κ1) is 20.0. The van der Waals surface area contributed by atoms with Gasteiger partial charge in [-0.15, -0.1) is 0 Å². The van der Waals surface area contributed by atoms with E-state index in [1.165, 1.54) is 23.1 Å². The van der Waals surface area contributed by atoms with Gasteiger partial charge in [0.05, 0.1) is 17.7 Å². The molecule has 0 atom stereocenters. The molecule has 1 aliphatic rings. The van der Waals surface area contributed by atoms with E-state index in [-0.39, 0.29) is 16.5 Å². The standard InChI is InChI=1S/C19H14F3N3OS2/c1-18(2)16(27)24(17(28)25(18)11-4-7-13(26)8-5-11)12-6-9-15(23-3)14(10-12)19(20,21)22/h4-10,26H,1-2H3. The van der Waals surface area contributed by atoms with Gasteiger partial charge in [0.2, 0.25) is 0 Å².